The summed E-state index contributed by atoms with van der Waals surface area (Å²) in [6.07, 6.45) is 11.1. The minimum Gasteiger partial charge on any atom is -0.458 e. The van der Waals surface area contributed by atoms with E-state index in [4.69, 9.17) is 19.2 Å². The summed E-state index contributed by atoms with van der Waals surface area (Å²) in [6.45, 7) is 14.9. The number of rotatable bonds is 15. The van der Waals surface area contributed by atoms with Gasteiger partial charge in [0.1, 0.15) is 12.4 Å². The molecule has 2 saturated carbocycles. The van der Waals surface area contributed by atoms with E-state index in [1.807, 2.05) is 42.1 Å². The van der Waals surface area contributed by atoms with E-state index in [1.54, 1.807) is 30.5 Å². The van der Waals surface area contributed by atoms with Crippen molar-refractivity contribution in [2.75, 3.05) is 52.2 Å². The average molecular weight is 1110 g/mol. The fraction of sp³-hybridized carbons (Fsp3) is 0.554. The Morgan fingerprint density at radius 3 is 2.41 bits per heavy atom. The number of ether oxygens (including phenoxy) is 3. The van der Waals surface area contributed by atoms with E-state index in [0.717, 1.165) is 93.2 Å². The normalized spacial score (nSPS) is 27.7. The van der Waals surface area contributed by atoms with Gasteiger partial charge in [0.25, 0.3) is 5.56 Å². The molecule has 1 amide bonds. The average Bonchev–Trinajstić information content (AvgIpc) is 3.99. The van der Waals surface area contributed by atoms with Crippen molar-refractivity contribution in [3.05, 3.63) is 109 Å². The molecular weight excluding hydrogens is 1020 g/mol. The first-order chi connectivity index (χ1) is 38.7. The summed E-state index contributed by atoms with van der Waals surface area (Å²) in [5, 5.41) is 12.2. The summed E-state index contributed by atoms with van der Waals surface area (Å²) < 4.78 is 19.3. The van der Waals surface area contributed by atoms with Crippen molar-refractivity contribution in [1.29, 1.82) is 0 Å². The number of cyclic esters (lactones) is 1. The van der Waals surface area contributed by atoms with Gasteiger partial charge in [0, 0.05) is 97.8 Å². The zero-order valence-corrected chi connectivity index (χ0v) is 48.8. The second kappa shape index (κ2) is 21.7. The highest BCUT2D eigenvalue weighted by Crippen LogP contribution is 2.68. The van der Waals surface area contributed by atoms with Crippen LogP contribution in [0, 0.1) is 17.3 Å². The third-order valence-corrected chi connectivity index (χ3v) is 19.9. The maximum atomic E-state index is 14.1. The number of hydrogen-bond donors (Lipinski definition) is 1. The number of piperazine rings is 1. The van der Waals surface area contributed by atoms with Crippen LogP contribution in [0.5, 0.6) is 5.75 Å². The number of nitrogens with zero attached hydrogens (tertiary/aromatic N) is 6. The fourth-order valence-corrected chi connectivity index (χ4v) is 15.7. The van der Waals surface area contributed by atoms with E-state index in [0.29, 0.717) is 55.0 Å². The van der Waals surface area contributed by atoms with Crippen molar-refractivity contribution in [1.82, 2.24) is 24.3 Å². The molecule has 16 heteroatoms. The van der Waals surface area contributed by atoms with Crippen molar-refractivity contribution in [2.24, 2.45) is 17.3 Å². The van der Waals surface area contributed by atoms with Gasteiger partial charge >= 0.3 is 18.0 Å². The van der Waals surface area contributed by atoms with E-state index >= 15 is 0 Å². The van der Waals surface area contributed by atoms with Crippen LogP contribution < -0.4 is 15.2 Å². The molecule has 81 heavy (non-hydrogen) atoms. The molecule has 0 bridgehead atoms. The number of aliphatic hydroxyl groups is 1. The Morgan fingerprint density at radius 1 is 0.914 bits per heavy atom. The molecule has 8 atom stereocenters. The van der Waals surface area contributed by atoms with Gasteiger partial charge < -0.3 is 38.6 Å². The lowest BCUT2D eigenvalue weighted by Crippen LogP contribution is -2.58. The van der Waals surface area contributed by atoms with Crippen LogP contribution in [0.15, 0.2) is 76.1 Å². The van der Waals surface area contributed by atoms with Crippen LogP contribution in [0.4, 0.5) is 10.5 Å². The largest absolute Gasteiger partial charge is 0.458 e. The number of benzene rings is 2. The summed E-state index contributed by atoms with van der Waals surface area (Å²) in [5.41, 5.74) is 6.48. The van der Waals surface area contributed by atoms with Gasteiger partial charge in [-0.05, 0) is 170 Å². The van der Waals surface area contributed by atoms with E-state index in [1.165, 1.54) is 29.2 Å². The Hall–Kier alpha value is -6.49. The van der Waals surface area contributed by atoms with Crippen molar-refractivity contribution < 1.29 is 43.3 Å². The Balaban J connectivity index is 0.693. The monoisotopic (exact) mass is 1100 g/mol. The number of carbonyl (C=O) groups is 5. The molecule has 0 radical (unpaired) electrons. The van der Waals surface area contributed by atoms with Crippen LogP contribution in [0.25, 0.3) is 22.3 Å². The summed E-state index contributed by atoms with van der Waals surface area (Å²) in [5.74, 6) is -0.0102. The number of aromatic nitrogens is 2. The molecule has 5 heterocycles. The SMILES string of the molecule is CC[C@@]1(O)C(=O)OCc2c1cc1n(c2=O)Cc2cc3c(CN(C)C)c(OC(=O)N4C[C@H](C)N(CCCCCCN(C)c5ccc([C@H]6C[C@@]7(C)[C@@H](CC[C@]7(OC(C)=O)C(C)=O)C7CCC8=CC(=O)CCC8=C76)cc5)C[C@H]4C)ccc3nc2-1. The number of fused-ring (bicyclic) bond motifs is 9. The molecule has 11 rings (SSSR count). The van der Waals surface area contributed by atoms with Crippen LogP contribution in [0.3, 0.4) is 0 Å². The molecule has 4 aromatic rings. The first-order valence-electron chi connectivity index (χ1n) is 29.6. The highest BCUT2D eigenvalue weighted by molar-refractivity contribution is 5.93. The summed E-state index contributed by atoms with van der Waals surface area (Å²) in [4.78, 5) is 93.3. The third-order valence-electron chi connectivity index (χ3n) is 19.9. The van der Waals surface area contributed by atoms with Gasteiger partial charge in [0.2, 0.25) is 0 Å². The predicted octanol–water partition coefficient (Wildman–Crippen LogP) is 9.52. The highest BCUT2D eigenvalue weighted by Gasteiger charge is 2.67. The third kappa shape index (κ3) is 9.73. The number of unbranched alkanes of at least 4 members (excludes halogenated alkanes) is 3. The van der Waals surface area contributed by atoms with Crippen molar-refractivity contribution in [3.8, 4) is 17.1 Å². The van der Waals surface area contributed by atoms with Gasteiger partial charge in [0.05, 0.1) is 29.0 Å². The van der Waals surface area contributed by atoms with E-state index in [-0.39, 0.29) is 77.7 Å². The lowest BCUT2D eigenvalue weighted by atomic mass is 9.50. The number of carbonyl (C=O) groups excluding carboxylic acids is 5. The molecule has 3 aliphatic heterocycles. The van der Waals surface area contributed by atoms with Crippen LogP contribution in [-0.2, 0) is 53.9 Å². The molecule has 2 aromatic carbocycles. The van der Waals surface area contributed by atoms with Gasteiger partial charge in [-0.1, -0.05) is 44.4 Å². The van der Waals surface area contributed by atoms with Crippen molar-refractivity contribution in [3.63, 3.8) is 0 Å². The molecule has 7 aliphatic rings. The molecule has 2 aromatic heterocycles. The van der Waals surface area contributed by atoms with Gasteiger partial charge in [-0.15, -0.1) is 0 Å². The molecule has 430 valence electrons. The summed E-state index contributed by atoms with van der Waals surface area (Å²) in [7, 11) is 6.08. The molecule has 0 spiro atoms. The number of anilines is 1. The van der Waals surface area contributed by atoms with Gasteiger partial charge in [-0.25, -0.2) is 14.6 Å². The number of hydrogen-bond acceptors (Lipinski definition) is 14. The Morgan fingerprint density at radius 2 is 1.68 bits per heavy atom. The van der Waals surface area contributed by atoms with Crippen LogP contribution in [-0.4, -0.2) is 124 Å². The van der Waals surface area contributed by atoms with Crippen LogP contribution >= 0.6 is 0 Å². The number of Topliss-reactive ketones (excluding diaryl/α,β-unsaturated/α-hetero) is 1. The van der Waals surface area contributed by atoms with Gasteiger partial charge in [-0.3, -0.25) is 24.1 Å². The van der Waals surface area contributed by atoms with E-state index < -0.39 is 34.6 Å². The summed E-state index contributed by atoms with van der Waals surface area (Å²) in [6, 6.07) is 16.4. The van der Waals surface area contributed by atoms with E-state index in [9.17, 15) is 33.9 Å². The van der Waals surface area contributed by atoms with Crippen molar-refractivity contribution >= 4 is 46.2 Å². The topological polar surface area (TPSA) is 181 Å². The molecule has 1 unspecified atom stereocenters. The quantitative estimate of drug-likeness (QED) is 0.0773. The Kier molecular flexibility index (Phi) is 15.1. The number of amides is 1. The molecular formula is C65H80N6O10. The Bertz CT molecular complexity index is 3360. The summed E-state index contributed by atoms with van der Waals surface area (Å²) >= 11 is 0. The highest BCUT2D eigenvalue weighted by atomic mass is 16.6. The minimum absolute atomic E-state index is 0.0539. The lowest BCUT2D eigenvalue weighted by molar-refractivity contribution is -0.182. The number of pyridine rings is 2. The molecule has 3 fully saturated rings. The molecule has 1 saturated heterocycles. The minimum atomic E-state index is -1.91. The maximum absolute atomic E-state index is 14.1. The van der Waals surface area contributed by atoms with Gasteiger partial charge in [0.15, 0.2) is 22.8 Å². The molecule has 4 aliphatic carbocycles. The first kappa shape index (κ1) is 56.4. The smallest absolute Gasteiger partial charge is 0.415 e. The maximum Gasteiger partial charge on any atom is 0.415 e. The number of ketones is 2. The van der Waals surface area contributed by atoms with Gasteiger partial charge in [-0.2, -0.15) is 0 Å². The van der Waals surface area contributed by atoms with E-state index in [2.05, 4.69) is 61.9 Å². The molecule has 16 nitrogen and oxygen atoms in total. The second-order valence-electron chi connectivity index (χ2n) is 25.1. The number of esters is 2. The predicted molar refractivity (Wildman–Crippen MR) is 309 cm³/mol. The lowest BCUT2D eigenvalue weighted by Gasteiger charge is -2.55. The van der Waals surface area contributed by atoms with Crippen LogP contribution in [0.1, 0.15) is 152 Å². The standard InChI is InChI=1S/C65H80N6O10/c1-10-64(78)54-31-56-59-44(35-71(56)60(75)52(54)37-79-61(64)76)30-49-51(36-67(7)8)57(24-23-55(49)66-59)80-62(77)70-34-38(2)69(33-39(70)3)28-14-12-11-13-27-68(9)45-18-15-42(16-19-45)50-32-63(6)53(25-26-65(63,40(4)72)81-41(5)73)48-21-17-43-29-46(74)20-22-47(43)58(48)50/h15-16,18-19,23-24,29-31,38-39,48,50,53,78H,10-14,17,20-22,25-28,32-37H2,1-9H3/t38-,39+,48?,50+,53-,63-,64-,65-/m0/s1. The van der Waals surface area contributed by atoms with Crippen LogP contribution in [0.2, 0.25) is 0 Å². The zero-order chi connectivity index (χ0) is 57.4. The molecule has 1 N–H and O–H groups in total. The van der Waals surface area contributed by atoms with Crippen molar-refractivity contribution in [2.45, 2.75) is 167 Å². The first-order valence-corrected chi connectivity index (χ1v) is 29.6. The zero-order valence-electron chi connectivity index (χ0n) is 48.8. The fourth-order valence-electron chi connectivity index (χ4n) is 15.7. The second-order valence-corrected chi connectivity index (χ2v) is 25.1. The number of allylic oxidation sites excluding steroid dienone is 4. The Labute approximate surface area is 475 Å².